The Bertz CT molecular complexity index is 343. The summed E-state index contributed by atoms with van der Waals surface area (Å²) in [4.78, 5) is 0. The average Bonchev–Trinajstić information content (AvgIpc) is 2.17. The second kappa shape index (κ2) is 3.79. The van der Waals surface area contributed by atoms with E-state index < -0.39 is 0 Å². The normalized spacial score (nSPS) is 24.8. The Balaban J connectivity index is 2.31. The van der Waals surface area contributed by atoms with Crippen molar-refractivity contribution in [2.24, 2.45) is 5.73 Å². The number of benzene rings is 1. The van der Waals surface area contributed by atoms with Crippen LogP contribution >= 0.6 is 15.9 Å². The number of ether oxygens (including phenoxy) is 1. The van der Waals surface area contributed by atoms with E-state index in [9.17, 15) is 0 Å². The molecule has 1 heterocycles. The number of fused-ring (bicyclic) bond motifs is 1. The Hall–Kier alpha value is -0.740. The van der Waals surface area contributed by atoms with Crippen LogP contribution in [0, 0.1) is 0 Å². The number of halogens is 1. The van der Waals surface area contributed by atoms with Crippen molar-refractivity contribution in [3.8, 4) is 5.75 Å². The molecule has 0 aliphatic carbocycles. The Morgan fingerprint density at radius 3 is 3.07 bits per heavy atom. The zero-order chi connectivity index (χ0) is 10.1. The lowest BCUT2D eigenvalue weighted by atomic mass is 10.1. The van der Waals surface area contributed by atoms with Crippen molar-refractivity contribution in [2.45, 2.75) is 19.1 Å². The Kier molecular flexibility index (Phi) is 2.65. The Morgan fingerprint density at radius 2 is 2.36 bits per heavy atom. The highest BCUT2D eigenvalue weighted by atomic mass is 79.9. The molecule has 0 aromatic heterocycles. The molecule has 0 bridgehead atoms. The van der Waals surface area contributed by atoms with Gasteiger partial charge in [-0.1, -0.05) is 15.9 Å². The maximum Gasteiger partial charge on any atom is 0.144 e. The summed E-state index contributed by atoms with van der Waals surface area (Å²) >= 11 is 3.41. The van der Waals surface area contributed by atoms with Gasteiger partial charge in [-0.25, -0.2) is 0 Å². The van der Waals surface area contributed by atoms with E-state index in [-0.39, 0.29) is 12.1 Å². The second-order valence-electron chi connectivity index (χ2n) is 3.47. The molecular formula is C10H13BrN2O. The lowest BCUT2D eigenvalue weighted by Crippen LogP contribution is -2.44. The molecule has 3 nitrogen and oxygen atoms in total. The van der Waals surface area contributed by atoms with E-state index in [0.29, 0.717) is 6.54 Å². The molecule has 14 heavy (non-hydrogen) atoms. The molecule has 2 atom stereocenters. The van der Waals surface area contributed by atoms with E-state index in [1.807, 2.05) is 18.2 Å². The largest absolute Gasteiger partial charge is 0.485 e. The van der Waals surface area contributed by atoms with Crippen LogP contribution in [-0.4, -0.2) is 18.7 Å². The van der Waals surface area contributed by atoms with Crippen LogP contribution in [0.25, 0.3) is 0 Å². The second-order valence-corrected chi connectivity index (χ2v) is 4.38. The van der Waals surface area contributed by atoms with Crippen molar-refractivity contribution in [3.05, 3.63) is 22.7 Å². The van der Waals surface area contributed by atoms with Gasteiger partial charge in [-0.15, -0.1) is 0 Å². The van der Waals surface area contributed by atoms with Crippen LogP contribution in [0.4, 0.5) is 5.69 Å². The molecule has 2 rings (SSSR count). The minimum Gasteiger partial charge on any atom is -0.485 e. The molecule has 2 unspecified atom stereocenters. The fourth-order valence-corrected chi connectivity index (χ4v) is 1.91. The van der Waals surface area contributed by atoms with Gasteiger partial charge in [-0.2, -0.15) is 0 Å². The summed E-state index contributed by atoms with van der Waals surface area (Å²) in [7, 11) is 0. The average molecular weight is 257 g/mol. The smallest absolute Gasteiger partial charge is 0.144 e. The van der Waals surface area contributed by atoms with Gasteiger partial charge in [0.25, 0.3) is 0 Å². The number of hydrogen-bond acceptors (Lipinski definition) is 3. The Morgan fingerprint density at radius 1 is 1.57 bits per heavy atom. The highest BCUT2D eigenvalue weighted by Gasteiger charge is 2.24. The van der Waals surface area contributed by atoms with Crippen molar-refractivity contribution in [1.29, 1.82) is 0 Å². The lowest BCUT2D eigenvalue weighted by molar-refractivity contribution is 0.182. The molecule has 4 heteroatoms. The van der Waals surface area contributed by atoms with Gasteiger partial charge in [0, 0.05) is 11.0 Å². The van der Waals surface area contributed by atoms with Crippen LogP contribution < -0.4 is 15.8 Å². The molecule has 0 saturated carbocycles. The number of rotatable bonds is 1. The maximum absolute atomic E-state index is 5.76. The van der Waals surface area contributed by atoms with Crippen LogP contribution in [0.15, 0.2) is 22.7 Å². The van der Waals surface area contributed by atoms with Crippen LogP contribution in [0.3, 0.4) is 0 Å². The van der Waals surface area contributed by atoms with Gasteiger partial charge >= 0.3 is 0 Å². The highest BCUT2D eigenvalue weighted by Crippen LogP contribution is 2.33. The molecular weight excluding hydrogens is 244 g/mol. The predicted octanol–water partition coefficient (Wildman–Crippen LogP) is 1.97. The number of anilines is 1. The van der Waals surface area contributed by atoms with Crippen molar-refractivity contribution < 1.29 is 4.74 Å². The van der Waals surface area contributed by atoms with E-state index in [1.165, 1.54) is 0 Å². The first kappa shape index (κ1) is 9.80. The summed E-state index contributed by atoms with van der Waals surface area (Å²) in [5.41, 5.74) is 6.64. The summed E-state index contributed by atoms with van der Waals surface area (Å²) < 4.78 is 6.77. The van der Waals surface area contributed by atoms with Crippen LogP contribution in [0.2, 0.25) is 0 Å². The minimum absolute atomic E-state index is 0.0526. The van der Waals surface area contributed by atoms with Crippen molar-refractivity contribution in [1.82, 2.24) is 0 Å². The molecule has 0 saturated heterocycles. The minimum atomic E-state index is 0.0526. The number of nitrogens with one attached hydrogen (secondary N) is 1. The third-order valence-electron chi connectivity index (χ3n) is 2.40. The van der Waals surface area contributed by atoms with Crippen LogP contribution in [-0.2, 0) is 0 Å². The summed E-state index contributed by atoms with van der Waals surface area (Å²) in [6.45, 7) is 2.60. The monoisotopic (exact) mass is 256 g/mol. The van der Waals surface area contributed by atoms with E-state index in [1.54, 1.807) is 0 Å². The molecule has 0 fully saturated rings. The van der Waals surface area contributed by atoms with Gasteiger partial charge in [0.05, 0.1) is 11.7 Å². The van der Waals surface area contributed by atoms with E-state index in [4.69, 9.17) is 10.5 Å². The zero-order valence-electron chi connectivity index (χ0n) is 7.96. The Labute approximate surface area is 91.8 Å². The van der Waals surface area contributed by atoms with Gasteiger partial charge in [-0.3, -0.25) is 0 Å². The van der Waals surface area contributed by atoms with Gasteiger partial charge in [-0.05, 0) is 25.1 Å². The molecule has 1 aliphatic rings. The van der Waals surface area contributed by atoms with Crippen molar-refractivity contribution in [3.63, 3.8) is 0 Å². The standard InChI is InChI=1S/C10H13BrN2O/c1-6-10(5-12)14-9-4-7(11)2-3-8(9)13-6/h2-4,6,10,13H,5,12H2,1H3. The van der Waals surface area contributed by atoms with Crippen molar-refractivity contribution >= 4 is 21.6 Å². The van der Waals surface area contributed by atoms with Gasteiger partial charge < -0.3 is 15.8 Å². The van der Waals surface area contributed by atoms with Gasteiger partial charge in [0.1, 0.15) is 11.9 Å². The fourth-order valence-electron chi connectivity index (χ4n) is 1.57. The fraction of sp³-hybridized carbons (Fsp3) is 0.400. The number of hydrogen-bond donors (Lipinski definition) is 2. The summed E-state index contributed by atoms with van der Waals surface area (Å²) in [6, 6.07) is 6.21. The van der Waals surface area contributed by atoms with Gasteiger partial charge in [0.2, 0.25) is 0 Å². The predicted molar refractivity (Wildman–Crippen MR) is 60.7 cm³/mol. The number of nitrogens with two attached hydrogens (primary N) is 1. The zero-order valence-corrected chi connectivity index (χ0v) is 9.54. The molecule has 0 radical (unpaired) electrons. The van der Waals surface area contributed by atoms with Crippen molar-refractivity contribution in [2.75, 3.05) is 11.9 Å². The molecule has 1 aliphatic heterocycles. The SMILES string of the molecule is CC1Nc2ccc(Br)cc2OC1CN. The van der Waals surface area contributed by atoms with E-state index in [2.05, 4.69) is 28.2 Å². The molecule has 0 amide bonds. The summed E-state index contributed by atoms with van der Waals surface area (Å²) in [6.07, 6.45) is 0.0526. The van der Waals surface area contributed by atoms with Gasteiger partial charge in [0.15, 0.2) is 0 Å². The molecule has 0 spiro atoms. The quantitative estimate of drug-likeness (QED) is 0.808. The molecule has 1 aromatic rings. The summed E-state index contributed by atoms with van der Waals surface area (Å²) in [5.74, 6) is 0.868. The molecule has 76 valence electrons. The first-order valence-corrected chi connectivity index (χ1v) is 5.43. The van der Waals surface area contributed by atoms with E-state index in [0.717, 1.165) is 15.9 Å². The first-order chi connectivity index (χ1) is 6.70. The third-order valence-corrected chi connectivity index (χ3v) is 2.89. The third kappa shape index (κ3) is 1.72. The first-order valence-electron chi connectivity index (χ1n) is 4.63. The highest BCUT2D eigenvalue weighted by molar-refractivity contribution is 9.10. The summed E-state index contributed by atoms with van der Waals surface area (Å²) in [5, 5.41) is 3.36. The molecule has 1 aromatic carbocycles. The van der Waals surface area contributed by atoms with E-state index >= 15 is 0 Å². The molecule has 3 N–H and O–H groups in total. The lowest BCUT2D eigenvalue weighted by Gasteiger charge is -2.32. The van der Waals surface area contributed by atoms with Crippen LogP contribution in [0.5, 0.6) is 5.75 Å². The maximum atomic E-state index is 5.76. The topological polar surface area (TPSA) is 47.3 Å². The van der Waals surface area contributed by atoms with Crippen LogP contribution in [0.1, 0.15) is 6.92 Å².